The molecule has 0 spiro atoms. The summed E-state index contributed by atoms with van der Waals surface area (Å²) in [6.07, 6.45) is 4.13. The van der Waals surface area contributed by atoms with Crippen LogP contribution in [0.5, 0.6) is 23.0 Å². The Bertz CT molecular complexity index is 1850. The Morgan fingerprint density at radius 2 is 1.36 bits per heavy atom. The van der Waals surface area contributed by atoms with Gasteiger partial charge >= 0.3 is 0 Å². The number of rotatable bonds is 3. The highest BCUT2D eigenvalue weighted by Crippen LogP contribution is 2.59. The Hall–Kier alpha value is -4.74. The van der Waals surface area contributed by atoms with E-state index in [1.54, 1.807) is 31.4 Å². The Balaban J connectivity index is 1.61. The van der Waals surface area contributed by atoms with Crippen molar-refractivity contribution >= 4 is 16.8 Å². The van der Waals surface area contributed by atoms with Crippen LogP contribution in [-0.2, 0) is 16.6 Å². The Kier molecular flexibility index (Phi) is 5.53. The smallest absolute Gasteiger partial charge is 0.178 e. The van der Waals surface area contributed by atoms with Crippen molar-refractivity contribution in [3.63, 3.8) is 0 Å². The zero-order chi connectivity index (χ0) is 29.4. The molecule has 0 aromatic heterocycles. The van der Waals surface area contributed by atoms with Gasteiger partial charge in [0.05, 0.1) is 12.7 Å². The van der Waals surface area contributed by atoms with Crippen molar-refractivity contribution in [1.29, 1.82) is 0 Å². The maximum atomic E-state index is 12.1. The second kappa shape index (κ2) is 8.88. The predicted molar refractivity (Wildman–Crippen MR) is 165 cm³/mol. The van der Waals surface area contributed by atoms with E-state index in [1.165, 1.54) is 0 Å². The summed E-state index contributed by atoms with van der Waals surface area (Å²) in [4.78, 5) is 0. The largest absolute Gasteiger partial charge is 0.508 e. The molecule has 210 valence electrons. The third kappa shape index (κ3) is 3.47. The van der Waals surface area contributed by atoms with Crippen LogP contribution in [-0.4, -0.2) is 22.4 Å². The third-order valence-corrected chi connectivity index (χ3v) is 9.41. The first-order valence-corrected chi connectivity index (χ1v) is 14.1. The van der Waals surface area contributed by atoms with E-state index in [-0.39, 0.29) is 11.5 Å². The van der Waals surface area contributed by atoms with Gasteiger partial charge in [0.15, 0.2) is 5.60 Å². The fraction of sp³-hybridized carbons (Fsp3) is 0.189. The van der Waals surface area contributed by atoms with Gasteiger partial charge in [0.25, 0.3) is 0 Å². The lowest BCUT2D eigenvalue weighted by atomic mass is 9.59. The van der Waals surface area contributed by atoms with E-state index in [4.69, 9.17) is 9.47 Å². The zero-order valence-electron chi connectivity index (χ0n) is 24.0. The summed E-state index contributed by atoms with van der Waals surface area (Å²) >= 11 is 0. The molecule has 0 amide bonds. The normalized spacial score (nSPS) is 19.4. The van der Waals surface area contributed by atoms with Crippen LogP contribution in [0, 0.1) is 0 Å². The van der Waals surface area contributed by atoms with E-state index >= 15 is 0 Å². The average molecular weight is 557 g/mol. The molecule has 0 fully saturated rings. The first-order chi connectivity index (χ1) is 20.1. The van der Waals surface area contributed by atoms with E-state index in [2.05, 4.69) is 32.1 Å². The summed E-state index contributed by atoms with van der Waals surface area (Å²) in [5.74, 6) is 1.70. The van der Waals surface area contributed by atoms with Crippen molar-refractivity contribution in [2.75, 3.05) is 7.11 Å². The lowest BCUT2D eigenvalue weighted by Crippen LogP contribution is -2.46. The molecular formula is C37H32O5. The van der Waals surface area contributed by atoms with Crippen LogP contribution in [0.1, 0.15) is 48.6 Å². The minimum Gasteiger partial charge on any atom is -0.508 e. The molecule has 1 aliphatic carbocycles. The fourth-order valence-corrected chi connectivity index (χ4v) is 6.78. The van der Waals surface area contributed by atoms with Gasteiger partial charge in [0.1, 0.15) is 23.0 Å². The summed E-state index contributed by atoms with van der Waals surface area (Å²) in [6, 6.07) is 28.1. The average Bonchev–Trinajstić information content (AvgIpc) is 3.00. The van der Waals surface area contributed by atoms with Crippen LogP contribution in [0.3, 0.4) is 0 Å². The van der Waals surface area contributed by atoms with E-state index in [1.807, 2.05) is 67.6 Å². The number of fused-ring (bicyclic) bond motifs is 8. The molecule has 0 bridgehead atoms. The number of aromatic hydroxyl groups is 2. The minimum absolute atomic E-state index is 0.159. The van der Waals surface area contributed by atoms with Crippen molar-refractivity contribution in [2.24, 2.45) is 0 Å². The molecule has 1 aliphatic heterocycles. The zero-order valence-corrected chi connectivity index (χ0v) is 24.0. The maximum absolute atomic E-state index is 12.1. The lowest BCUT2D eigenvalue weighted by molar-refractivity contribution is -0.0153. The number of phenolic OH excluding ortho intramolecular Hbond substituents is 2. The van der Waals surface area contributed by atoms with Gasteiger partial charge in [-0.25, -0.2) is 0 Å². The van der Waals surface area contributed by atoms with Gasteiger partial charge in [-0.1, -0.05) is 68.5 Å². The number of phenols is 2. The van der Waals surface area contributed by atoms with Crippen LogP contribution < -0.4 is 9.47 Å². The molecule has 0 saturated carbocycles. The Morgan fingerprint density at radius 3 is 1.98 bits per heavy atom. The van der Waals surface area contributed by atoms with Gasteiger partial charge < -0.3 is 24.8 Å². The van der Waals surface area contributed by atoms with Gasteiger partial charge in [-0.3, -0.25) is 0 Å². The van der Waals surface area contributed by atoms with E-state index < -0.39 is 16.6 Å². The predicted octanol–water partition coefficient (Wildman–Crippen LogP) is 7.77. The molecule has 7 rings (SSSR count). The summed E-state index contributed by atoms with van der Waals surface area (Å²) < 4.78 is 12.9. The first kappa shape index (κ1) is 26.2. The topological polar surface area (TPSA) is 79.2 Å². The van der Waals surface area contributed by atoms with Gasteiger partial charge in [-0.05, 0) is 83.1 Å². The summed E-state index contributed by atoms with van der Waals surface area (Å²) in [7, 11) is 1.65. The molecule has 1 unspecified atom stereocenters. The Morgan fingerprint density at radius 1 is 0.738 bits per heavy atom. The lowest BCUT2D eigenvalue weighted by Gasteiger charge is -2.49. The number of hydrogen-bond acceptors (Lipinski definition) is 5. The Labute approximate surface area is 244 Å². The number of hydrogen-bond donors (Lipinski definition) is 3. The second-order valence-electron chi connectivity index (χ2n) is 11.9. The number of benzene rings is 5. The summed E-state index contributed by atoms with van der Waals surface area (Å²) in [6.45, 7) is 6.07. The molecule has 1 heterocycles. The number of ether oxygens (including phenoxy) is 2. The quantitative estimate of drug-likeness (QED) is 0.212. The molecule has 3 N–H and O–H groups in total. The molecule has 5 nitrogen and oxygen atoms in total. The van der Waals surface area contributed by atoms with E-state index in [0.717, 1.165) is 49.7 Å². The minimum atomic E-state index is -1.15. The molecule has 5 heteroatoms. The number of aliphatic hydroxyl groups is 1. The highest BCUT2D eigenvalue weighted by molar-refractivity contribution is 6.07. The van der Waals surface area contributed by atoms with Crippen LogP contribution in [0.25, 0.3) is 28.0 Å². The van der Waals surface area contributed by atoms with Crippen LogP contribution in [0.4, 0.5) is 0 Å². The molecule has 5 aromatic rings. The highest BCUT2D eigenvalue weighted by Gasteiger charge is 2.51. The molecule has 42 heavy (non-hydrogen) atoms. The van der Waals surface area contributed by atoms with Gasteiger partial charge in [0.2, 0.25) is 0 Å². The molecule has 2 aliphatic rings. The molecule has 1 atom stereocenters. The van der Waals surface area contributed by atoms with Gasteiger partial charge in [-0.2, -0.15) is 0 Å². The van der Waals surface area contributed by atoms with Crippen molar-refractivity contribution < 1.29 is 24.8 Å². The standard InChI is InChI=1S/C37H32O5/c1-35(2)33-29-19-20-37(22-9-13-24(38)14-10-22,23-11-15-25(39)16-12-23)42-34(29)30-21-26(41-4)17-18-27(30)32(33)28-7-5-6-8-31(28)36(35,3)40/h5-21,38-40H,1-4H3. The van der Waals surface area contributed by atoms with Gasteiger partial charge in [-0.15, -0.1) is 0 Å². The second-order valence-corrected chi connectivity index (χ2v) is 11.9. The van der Waals surface area contributed by atoms with Gasteiger partial charge in [0, 0.05) is 27.5 Å². The fourth-order valence-electron chi connectivity index (χ4n) is 6.78. The summed E-state index contributed by atoms with van der Waals surface area (Å²) in [5, 5.41) is 34.2. The molecule has 5 aromatic carbocycles. The molecule has 0 saturated heterocycles. The number of methoxy groups -OCH3 is 1. The van der Waals surface area contributed by atoms with Crippen LogP contribution >= 0.6 is 0 Å². The van der Waals surface area contributed by atoms with Crippen LogP contribution in [0.15, 0.2) is 97.1 Å². The van der Waals surface area contributed by atoms with Crippen LogP contribution in [0.2, 0.25) is 0 Å². The third-order valence-electron chi connectivity index (χ3n) is 9.41. The SMILES string of the molecule is COc1ccc2c3c(c4c(c2c1)OC(c1ccc(O)cc1)(c1ccc(O)cc1)C=C4)C(C)(C)C(C)(O)c1ccccc1-3. The summed E-state index contributed by atoms with van der Waals surface area (Å²) in [5.41, 5.74) is 3.63. The first-order valence-electron chi connectivity index (χ1n) is 14.1. The van der Waals surface area contributed by atoms with Crippen molar-refractivity contribution in [3.05, 3.63) is 125 Å². The van der Waals surface area contributed by atoms with Crippen molar-refractivity contribution in [3.8, 4) is 34.1 Å². The van der Waals surface area contributed by atoms with E-state index in [9.17, 15) is 15.3 Å². The monoisotopic (exact) mass is 556 g/mol. The molecular weight excluding hydrogens is 524 g/mol. The molecule has 0 radical (unpaired) electrons. The maximum Gasteiger partial charge on any atom is 0.178 e. The van der Waals surface area contributed by atoms with Crippen molar-refractivity contribution in [1.82, 2.24) is 0 Å². The van der Waals surface area contributed by atoms with E-state index in [0.29, 0.717) is 11.5 Å². The van der Waals surface area contributed by atoms with Crippen molar-refractivity contribution in [2.45, 2.75) is 37.4 Å². The highest BCUT2D eigenvalue weighted by atomic mass is 16.5.